The molecule has 232 valence electrons. The average molecular weight is 614 g/mol. The summed E-state index contributed by atoms with van der Waals surface area (Å²) in [5.74, 6) is -0.408. The van der Waals surface area contributed by atoms with Gasteiger partial charge in [0.2, 0.25) is 5.91 Å². The number of carbonyl (C=O) groups is 3. The number of hydrogen-bond donors (Lipinski definition) is 2. The van der Waals surface area contributed by atoms with Crippen LogP contribution in [0.4, 0.5) is 29.6 Å². The fourth-order valence-corrected chi connectivity index (χ4v) is 6.69. The van der Waals surface area contributed by atoms with Crippen molar-refractivity contribution in [3.63, 3.8) is 0 Å². The number of nitrogens with one attached hydrogen (secondary N) is 2. The maximum absolute atomic E-state index is 14.2. The number of rotatable bonds is 9. The smallest absolute Gasteiger partial charge is 0.417 e. The minimum absolute atomic E-state index is 0.0172. The standard InChI is InChI=1S/C29H30F3N7O5/c1-3-23(41)34-12-21(40)28-14-27(15-28,16-28)10-17-8-20-25(38-4-6-44-7-5-38)36-24(37-39(20)13-17)18-11-33-22(35-26(42)43-2)9-19(18)29(30,31)32/h3,8-9,11,13H,1,4-7,10,12,14-16H2,2H3,(H,34,41)(H,33,35,42). The lowest BCUT2D eigenvalue weighted by Crippen LogP contribution is -2.67. The Bertz CT molecular complexity index is 1640. The first-order valence-corrected chi connectivity index (χ1v) is 14.0. The lowest BCUT2D eigenvalue weighted by atomic mass is 9.33. The Balaban J connectivity index is 1.31. The molecule has 2 N–H and O–H groups in total. The van der Waals surface area contributed by atoms with Crippen molar-refractivity contribution in [3.8, 4) is 11.4 Å². The van der Waals surface area contributed by atoms with Gasteiger partial charge < -0.3 is 19.7 Å². The number of halogens is 3. The number of carbonyl (C=O) groups excluding carboxylic acids is 3. The monoisotopic (exact) mass is 613 g/mol. The van der Waals surface area contributed by atoms with Crippen LogP contribution in [0.15, 0.2) is 37.2 Å². The van der Waals surface area contributed by atoms with Gasteiger partial charge in [-0.05, 0) is 54.9 Å². The molecule has 0 aromatic carbocycles. The lowest BCUT2D eigenvalue weighted by Gasteiger charge is -2.70. The summed E-state index contributed by atoms with van der Waals surface area (Å²) in [4.78, 5) is 46.3. The first kappa shape index (κ1) is 29.5. The second-order valence-corrected chi connectivity index (χ2v) is 11.6. The van der Waals surface area contributed by atoms with Crippen LogP contribution in [0.3, 0.4) is 0 Å². The summed E-state index contributed by atoms with van der Waals surface area (Å²) in [6.07, 6.45) is 0.978. The van der Waals surface area contributed by atoms with Gasteiger partial charge in [-0.3, -0.25) is 14.9 Å². The molecule has 3 aliphatic carbocycles. The van der Waals surface area contributed by atoms with Crippen LogP contribution in [0, 0.1) is 10.8 Å². The molecule has 0 radical (unpaired) electrons. The quantitative estimate of drug-likeness (QED) is 0.348. The molecule has 4 fully saturated rings. The Morgan fingerprint density at radius 1 is 1.18 bits per heavy atom. The zero-order valence-corrected chi connectivity index (χ0v) is 23.9. The summed E-state index contributed by atoms with van der Waals surface area (Å²) in [5, 5.41) is 9.19. The van der Waals surface area contributed by atoms with Crippen LogP contribution < -0.4 is 15.5 Å². The molecule has 1 saturated heterocycles. The summed E-state index contributed by atoms with van der Waals surface area (Å²) in [7, 11) is 1.09. The van der Waals surface area contributed by atoms with Crippen LogP contribution >= 0.6 is 0 Å². The van der Waals surface area contributed by atoms with Crippen molar-refractivity contribution in [3.05, 3.63) is 48.3 Å². The molecule has 3 saturated carbocycles. The Hall–Kier alpha value is -4.53. The third-order valence-electron chi connectivity index (χ3n) is 8.60. The third-order valence-corrected chi connectivity index (χ3v) is 8.60. The van der Waals surface area contributed by atoms with Crippen molar-refractivity contribution in [2.75, 3.05) is 50.2 Å². The van der Waals surface area contributed by atoms with Crippen LogP contribution in [-0.2, 0) is 31.7 Å². The van der Waals surface area contributed by atoms with Crippen molar-refractivity contribution < 1.29 is 37.0 Å². The maximum atomic E-state index is 14.2. The first-order valence-electron chi connectivity index (χ1n) is 14.0. The van der Waals surface area contributed by atoms with Gasteiger partial charge in [0.1, 0.15) is 11.3 Å². The number of aromatic nitrogens is 4. The predicted octanol–water partition coefficient (Wildman–Crippen LogP) is 3.41. The number of Topliss-reactive ketones (excluding diaryl/α,β-unsaturated/α-hetero) is 1. The number of hydrogen-bond acceptors (Lipinski definition) is 9. The molecular weight excluding hydrogens is 583 g/mol. The predicted molar refractivity (Wildman–Crippen MR) is 151 cm³/mol. The fraction of sp³-hybridized carbons (Fsp3) is 0.448. The molecule has 4 aliphatic rings. The first-order chi connectivity index (χ1) is 20.9. The van der Waals surface area contributed by atoms with Gasteiger partial charge in [-0.1, -0.05) is 6.58 Å². The molecule has 15 heteroatoms. The lowest BCUT2D eigenvalue weighted by molar-refractivity contribution is -0.203. The van der Waals surface area contributed by atoms with E-state index in [-0.39, 0.29) is 40.9 Å². The molecule has 7 rings (SSSR count). The van der Waals surface area contributed by atoms with Crippen LogP contribution in [0.1, 0.15) is 30.4 Å². The zero-order valence-electron chi connectivity index (χ0n) is 23.9. The Morgan fingerprint density at radius 3 is 2.57 bits per heavy atom. The minimum Gasteiger partial charge on any atom is -0.453 e. The van der Waals surface area contributed by atoms with Crippen molar-refractivity contribution in [1.29, 1.82) is 0 Å². The molecule has 3 aromatic rings. The summed E-state index contributed by atoms with van der Waals surface area (Å²) in [6, 6.07) is 2.66. The van der Waals surface area contributed by atoms with E-state index in [0.717, 1.165) is 50.3 Å². The number of ether oxygens (including phenoxy) is 2. The number of ketones is 1. The summed E-state index contributed by atoms with van der Waals surface area (Å²) in [6.45, 7) is 5.24. The van der Waals surface area contributed by atoms with Crippen molar-refractivity contribution >= 4 is 34.9 Å². The van der Waals surface area contributed by atoms with Gasteiger partial charge >= 0.3 is 12.3 Å². The fourth-order valence-electron chi connectivity index (χ4n) is 6.69. The summed E-state index contributed by atoms with van der Waals surface area (Å²) in [5.41, 5.74) is -0.294. The number of morpholine rings is 1. The van der Waals surface area contributed by atoms with Crippen LogP contribution in [0.5, 0.6) is 0 Å². The van der Waals surface area contributed by atoms with Crippen molar-refractivity contribution in [2.45, 2.75) is 31.9 Å². The molecular formula is C29H30F3N7O5. The second kappa shape index (κ2) is 10.9. The topological polar surface area (TPSA) is 140 Å². The van der Waals surface area contributed by atoms with E-state index >= 15 is 0 Å². The molecule has 0 unspecified atom stereocenters. The molecule has 0 spiro atoms. The van der Waals surface area contributed by atoms with E-state index in [4.69, 9.17) is 4.74 Å². The number of alkyl halides is 3. The van der Waals surface area contributed by atoms with Gasteiger partial charge in [0.25, 0.3) is 0 Å². The van der Waals surface area contributed by atoms with Gasteiger partial charge in [-0.25, -0.2) is 19.3 Å². The maximum Gasteiger partial charge on any atom is 0.417 e. The average Bonchev–Trinajstić information content (AvgIpc) is 3.38. The highest BCUT2D eigenvalue weighted by molar-refractivity contribution is 5.95. The van der Waals surface area contributed by atoms with Gasteiger partial charge in [0, 0.05) is 30.9 Å². The molecule has 44 heavy (non-hydrogen) atoms. The third kappa shape index (κ3) is 5.36. The van der Waals surface area contributed by atoms with Crippen molar-refractivity contribution in [2.24, 2.45) is 10.8 Å². The van der Waals surface area contributed by atoms with Crippen LogP contribution in [0.25, 0.3) is 16.9 Å². The highest BCUT2D eigenvalue weighted by Crippen LogP contribution is 2.74. The van der Waals surface area contributed by atoms with E-state index in [2.05, 4.69) is 37.0 Å². The molecule has 2 bridgehead atoms. The van der Waals surface area contributed by atoms with E-state index in [9.17, 15) is 27.6 Å². The largest absolute Gasteiger partial charge is 0.453 e. The van der Waals surface area contributed by atoms with E-state index < -0.39 is 23.2 Å². The van der Waals surface area contributed by atoms with E-state index in [1.165, 1.54) is 0 Å². The molecule has 1 aliphatic heterocycles. The summed E-state index contributed by atoms with van der Waals surface area (Å²) >= 11 is 0. The number of anilines is 2. The molecule has 3 aromatic heterocycles. The van der Waals surface area contributed by atoms with Gasteiger partial charge in [-0.2, -0.15) is 13.2 Å². The second-order valence-electron chi connectivity index (χ2n) is 11.6. The number of nitrogens with zero attached hydrogens (tertiary/aromatic N) is 5. The molecule has 0 atom stereocenters. The molecule has 2 amide bonds. The van der Waals surface area contributed by atoms with E-state index in [1.807, 2.05) is 11.0 Å². The minimum atomic E-state index is -4.80. The van der Waals surface area contributed by atoms with Gasteiger partial charge in [0.15, 0.2) is 17.4 Å². The molecule has 4 heterocycles. The van der Waals surface area contributed by atoms with E-state index in [0.29, 0.717) is 44.1 Å². The highest BCUT2D eigenvalue weighted by atomic mass is 19.4. The SMILES string of the molecule is C=CC(=O)NCC(=O)C12CC(Cc3cc4c(N5CCOCC5)nc(-c5cnc(NC(=O)OC)cc5C(F)(F)F)nn4c3)(C1)C2. The number of amides is 2. The van der Waals surface area contributed by atoms with Gasteiger partial charge in [-0.15, -0.1) is 5.10 Å². The van der Waals surface area contributed by atoms with Gasteiger partial charge in [0.05, 0.1) is 38.0 Å². The van der Waals surface area contributed by atoms with Crippen LogP contribution in [0.2, 0.25) is 0 Å². The number of methoxy groups -OCH3 is 1. The Labute approximate surface area is 249 Å². The normalized spacial score (nSPS) is 22.5. The van der Waals surface area contributed by atoms with E-state index in [1.54, 1.807) is 10.7 Å². The summed E-state index contributed by atoms with van der Waals surface area (Å²) < 4.78 is 54.2. The Kier molecular flexibility index (Phi) is 7.30. The molecule has 12 nitrogen and oxygen atoms in total. The Morgan fingerprint density at radius 2 is 1.91 bits per heavy atom. The highest BCUT2D eigenvalue weighted by Gasteiger charge is 2.70. The zero-order chi connectivity index (χ0) is 31.3. The number of pyridine rings is 1. The van der Waals surface area contributed by atoms with Crippen LogP contribution in [-0.4, -0.2) is 77.3 Å². The van der Waals surface area contributed by atoms with Crippen molar-refractivity contribution in [1.82, 2.24) is 24.9 Å². The number of fused-ring (bicyclic) bond motifs is 1.